The van der Waals surface area contributed by atoms with E-state index < -0.39 is 5.82 Å². The molecule has 1 aromatic carbocycles. The molecule has 0 bridgehead atoms. The van der Waals surface area contributed by atoms with E-state index >= 15 is 0 Å². The van der Waals surface area contributed by atoms with Gasteiger partial charge in [-0.2, -0.15) is 0 Å². The van der Waals surface area contributed by atoms with E-state index in [-0.39, 0.29) is 24.8 Å². The Labute approximate surface area is 130 Å². The van der Waals surface area contributed by atoms with Gasteiger partial charge in [0.05, 0.1) is 13.5 Å². The largest absolute Gasteiger partial charge is 0.469 e. The summed E-state index contributed by atoms with van der Waals surface area (Å²) in [5.74, 6) is -1.00. The lowest BCUT2D eigenvalue weighted by molar-refractivity contribution is -0.140. The van der Waals surface area contributed by atoms with Gasteiger partial charge in [0.25, 0.3) is 5.91 Å². The summed E-state index contributed by atoms with van der Waals surface area (Å²) in [4.78, 5) is 25.3. The number of halogens is 1. The normalized spacial score (nSPS) is 10.3. The van der Waals surface area contributed by atoms with Gasteiger partial charge in [-0.15, -0.1) is 0 Å². The average molecular weight is 311 g/mol. The molecule has 1 amide bonds. The number of amides is 1. The molecule has 0 aliphatic heterocycles. The van der Waals surface area contributed by atoms with Crippen LogP contribution < -0.4 is 0 Å². The van der Waals surface area contributed by atoms with Crippen molar-refractivity contribution < 1.29 is 23.5 Å². The monoisotopic (exact) mass is 311 g/mol. The van der Waals surface area contributed by atoms with Gasteiger partial charge in [-0.1, -0.05) is 0 Å². The van der Waals surface area contributed by atoms with E-state index in [1.807, 2.05) is 6.92 Å². The summed E-state index contributed by atoms with van der Waals surface area (Å²) in [5.41, 5.74) is 0.391. The average Bonchev–Trinajstić information content (AvgIpc) is 2.54. The number of carbonyl (C=O) groups is 2. The molecule has 0 spiro atoms. The molecule has 122 valence electrons. The number of carbonyl (C=O) groups excluding carboxylic acids is 2. The number of esters is 1. The highest BCUT2D eigenvalue weighted by Crippen LogP contribution is 2.08. The van der Waals surface area contributed by atoms with Crippen molar-refractivity contribution in [1.29, 1.82) is 0 Å². The topological polar surface area (TPSA) is 55.8 Å². The lowest BCUT2D eigenvalue weighted by atomic mass is 10.2. The maximum Gasteiger partial charge on any atom is 0.307 e. The summed E-state index contributed by atoms with van der Waals surface area (Å²) in [6, 6.07) is 5.36. The van der Waals surface area contributed by atoms with Crippen molar-refractivity contribution in [3.63, 3.8) is 0 Å². The van der Waals surface area contributed by atoms with E-state index in [1.54, 1.807) is 4.90 Å². The molecular weight excluding hydrogens is 289 g/mol. The van der Waals surface area contributed by atoms with Gasteiger partial charge in [0, 0.05) is 31.9 Å². The van der Waals surface area contributed by atoms with Crippen LogP contribution in [0, 0.1) is 5.82 Å². The van der Waals surface area contributed by atoms with E-state index in [4.69, 9.17) is 4.74 Å². The second kappa shape index (κ2) is 9.89. The fraction of sp³-hybridized carbons (Fsp3) is 0.500. The van der Waals surface area contributed by atoms with Gasteiger partial charge >= 0.3 is 5.97 Å². The van der Waals surface area contributed by atoms with Crippen LogP contribution in [0.4, 0.5) is 4.39 Å². The van der Waals surface area contributed by atoms with Gasteiger partial charge in [0.15, 0.2) is 0 Å². The van der Waals surface area contributed by atoms with Crippen LogP contribution >= 0.6 is 0 Å². The van der Waals surface area contributed by atoms with Crippen LogP contribution in [-0.4, -0.2) is 50.2 Å². The van der Waals surface area contributed by atoms with Crippen molar-refractivity contribution in [3.05, 3.63) is 35.6 Å². The number of ether oxygens (including phenoxy) is 2. The van der Waals surface area contributed by atoms with Crippen LogP contribution in [-0.2, 0) is 14.3 Å². The van der Waals surface area contributed by atoms with Crippen LogP contribution in [0.3, 0.4) is 0 Å². The van der Waals surface area contributed by atoms with E-state index in [0.29, 0.717) is 31.7 Å². The second-order valence-electron chi connectivity index (χ2n) is 4.68. The Morgan fingerprint density at radius 1 is 1.18 bits per heavy atom. The third-order valence-corrected chi connectivity index (χ3v) is 3.11. The lowest BCUT2D eigenvalue weighted by Gasteiger charge is -2.22. The molecule has 0 heterocycles. The highest BCUT2D eigenvalue weighted by atomic mass is 19.1. The molecule has 1 aromatic rings. The summed E-state index contributed by atoms with van der Waals surface area (Å²) < 4.78 is 22.8. The molecule has 0 saturated heterocycles. The molecule has 5 nitrogen and oxygen atoms in total. The Morgan fingerprint density at radius 2 is 1.86 bits per heavy atom. The molecule has 0 atom stereocenters. The van der Waals surface area contributed by atoms with Gasteiger partial charge in [0.1, 0.15) is 5.82 Å². The van der Waals surface area contributed by atoms with E-state index in [9.17, 15) is 14.0 Å². The zero-order valence-electron chi connectivity index (χ0n) is 13.0. The first-order valence-corrected chi connectivity index (χ1v) is 7.28. The van der Waals surface area contributed by atoms with Gasteiger partial charge < -0.3 is 14.4 Å². The Morgan fingerprint density at radius 3 is 2.45 bits per heavy atom. The zero-order valence-corrected chi connectivity index (χ0v) is 13.0. The molecule has 0 unspecified atom stereocenters. The summed E-state index contributed by atoms with van der Waals surface area (Å²) in [7, 11) is 1.31. The molecule has 6 heteroatoms. The summed E-state index contributed by atoms with van der Waals surface area (Å²) in [6.45, 7) is 3.79. The first-order chi connectivity index (χ1) is 10.6. The van der Waals surface area contributed by atoms with Crippen LogP contribution in [0.1, 0.15) is 30.1 Å². The molecule has 0 radical (unpaired) electrons. The van der Waals surface area contributed by atoms with Crippen molar-refractivity contribution >= 4 is 11.9 Å². The Balaban J connectivity index is 2.67. The van der Waals surface area contributed by atoms with Crippen LogP contribution in [0.25, 0.3) is 0 Å². The minimum absolute atomic E-state index is 0.123. The third-order valence-electron chi connectivity index (χ3n) is 3.11. The quantitative estimate of drug-likeness (QED) is 0.518. The molecule has 0 N–H and O–H groups in total. The standard InChI is InChI=1S/C16H22FNO4/c1-3-22-12-4-10-18(11-9-15(19)21-2)16(20)13-5-7-14(17)8-6-13/h5-8H,3-4,9-12H2,1-2H3. The molecule has 0 aromatic heterocycles. The van der Waals surface area contributed by atoms with Crippen molar-refractivity contribution in [2.75, 3.05) is 33.4 Å². The molecule has 0 fully saturated rings. The molecule has 0 aliphatic rings. The Kier molecular flexibility index (Phi) is 8.14. The van der Waals surface area contributed by atoms with Gasteiger partial charge in [0.2, 0.25) is 0 Å². The number of hydrogen-bond donors (Lipinski definition) is 0. The smallest absolute Gasteiger partial charge is 0.307 e. The first kappa shape index (κ1) is 18.1. The summed E-state index contributed by atoms with van der Waals surface area (Å²) in [5, 5.41) is 0. The van der Waals surface area contributed by atoms with Crippen molar-refractivity contribution in [1.82, 2.24) is 4.90 Å². The van der Waals surface area contributed by atoms with Gasteiger partial charge in [-0.3, -0.25) is 9.59 Å². The van der Waals surface area contributed by atoms with Gasteiger partial charge in [-0.05, 0) is 37.6 Å². The zero-order chi connectivity index (χ0) is 16.4. The summed E-state index contributed by atoms with van der Waals surface area (Å²) >= 11 is 0. The first-order valence-electron chi connectivity index (χ1n) is 7.28. The molecule has 22 heavy (non-hydrogen) atoms. The fourth-order valence-corrected chi connectivity index (χ4v) is 1.92. The predicted molar refractivity (Wildman–Crippen MR) is 80.0 cm³/mol. The predicted octanol–water partition coefficient (Wildman–Crippen LogP) is 2.26. The Hall–Kier alpha value is -1.95. The summed E-state index contributed by atoms with van der Waals surface area (Å²) in [6.07, 6.45) is 0.792. The number of methoxy groups -OCH3 is 1. The molecule has 1 rings (SSSR count). The van der Waals surface area contributed by atoms with Crippen LogP contribution in [0.5, 0.6) is 0 Å². The van der Waals surface area contributed by atoms with Crippen LogP contribution in [0.15, 0.2) is 24.3 Å². The number of benzene rings is 1. The second-order valence-corrected chi connectivity index (χ2v) is 4.68. The van der Waals surface area contributed by atoms with Crippen molar-refractivity contribution in [3.8, 4) is 0 Å². The van der Waals surface area contributed by atoms with E-state index in [2.05, 4.69) is 4.74 Å². The van der Waals surface area contributed by atoms with Gasteiger partial charge in [-0.25, -0.2) is 4.39 Å². The van der Waals surface area contributed by atoms with E-state index in [0.717, 1.165) is 0 Å². The maximum atomic E-state index is 12.9. The molecular formula is C16H22FNO4. The number of hydrogen-bond acceptors (Lipinski definition) is 4. The van der Waals surface area contributed by atoms with E-state index in [1.165, 1.54) is 31.4 Å². The highest BCUT2D eigenvalue weighted by Gasteiger charge is 2.17. The fourth-order valence-electron chi connectivity index (χ4n) is 1.92. The SMILES string of the molecule is CCOCCCN(CCC(=O)OC)C(=O)c1ccc(F)cc1. The van der Waals surface area contributed by atoms with Crippen molar-refractivity contribution in [2.24, 2.45) is 0 Å². The third kappa shape index (κ3) is 6.22. The Bertz CT molecular complexity index is 476. The molecule has 0 aliphatic carbocycles. The van der Waals surface area contributed by atoms with Crippen LogP contribution in [0.2, 0.25) is 0 Å². The maximum absolute atomic E-state index is 12.9. The minimum Gasteiger partial charge on any atom is -0.469 e. The number of nitrogens with zero attached hydrogens (tertiary/aromatic N) is 1. The molecule has 0 saturated carbocycles. The highest BCUT2D eigenvalue weighted by molar-refractivity contribution is 5.94. The lowest BCUT2D eigenvalue weighted by Crippen LogP contribution is -2.34. The number of rotatable bonds is 9. The van der Waals surface area contributed by atoms with Crippen molar-refractivity contribution in [2.45, 2.75) is 19.8 Å². The minimum atomic E-state index is -0.394.